The zero-order valence-corrected chi connectivity index (χ0v) is 20.6. The minimum absolute atomic E-state index is 0.0683. The van der Waals surface area contributed by atoms with Gasteiger partial charge in [0.1, 0.15) is 5.84 Å². The van der Waals surface area contributed by atoms with Crippen molar-refractivity contribution < 1.29 is 9.53 Å². The number of nitrogens with one attached hydrogen (secondary N) is 2. The first kappa shape index (κ1) is 23.5. The first-order valence-electron chi connectivity index (χ1n) is 11.8. The molecule has 2 N–H and O–H groups in total. The number of H-pyrrole nitrogens is 1. The SMILES string of the molecule is C/N=C(/C1CCOCC1)n1c(=N)c(=O)[nH]c2cc(C)c(C(=O)N3CCc4cc(Cl)ccc4C3)cc21. The van der Waals surface area contributed by atoms with E-state index < -0.39 is 5.56 Å². The number of carbonyl (C=O) groups excluding carboxylic acids is 1. The largest absolute Gasteiger partial charge is 0.381 e. The van der Waals surface area contributed by atoms with Crippen LogP contribution in [-0.4, -0.2) is 53.0 Å². The average molecular weight is 494 g/mol. The molecule has 0 radical (unpaired) electrons. The molecule has 1 amide bonds. The van der Waals surface area contributed by atoms with Crippen LogP contribution in [-0.2, 0) is 17.7 Å². The van der Waals surface area contributed by atoms with E-state index in [0.29, 0.717) is 53.8 Å². The van der Waals surface area contributed by atoms with E-state index >= 15 is 0 Å². The standard InChI is InChI=1S/C26H28ClN5O3/c1-15-11-21-22(32(23(28)25(33)30-21)24(29-2)16-6-9-35-10-7-16)13-20(15)26(34)31-8-5-17-12-19(27)4-3-18(17)14-31/h3-4,11-13,16,28H,5-10,14H2,1-2H3,(H,30,33)/b28-23?,29-24-. The normalized spacial score (nSPS) is 17.0. The molecule has 8 nitrogen and oxygen atoms in total. The van der Waals surface area contributed by atoms with E-state index in [-0.39, 0.29) is 17.3 Å². The number of halogens is 1. The van der Waals surface area contributed by atoms with Gasteiger partial charge in [-0.1, -0.05) is 17.7 Å². The molecule has 0 spiro atoms. The number of aryl methyl sites for hydroxylation is 1. The second-order valence-corrected chi connectivity index (χ2v) is 9.62. The van der Waals surface area contributed by atoms with Crippen molar-refractivity contribution in [1.82, 2.24) is 14.5 Å². The summed E-state index contributed by atoms with van der Waals surface area (Å²) in [6.07, 6.45) is 2.28. The maximum Gasteiger partial charge on any atom is 0.291 e. The fourth-order valence-corrected chi connectivity index (χ4v) is 5.33. The summed E-state index contributed by atoms with van der Waals surface area (Å²) in [5.74, 6) is 0.648. The van der Waals surface area contributed by atoms with Crippen molar-refractivity contribution in [1.29, 1.82) is 5.41 Å². The number of amides is 1. The monoisotopic (exact) mass is 493 g/mol. The lowest BCUT2D eigenvalue weighted by molar-refractivity contribution is 0.0734. The second kappa shape index (κ2) is 9.43. The third-order valence-corrected chi connectivity index (χ3v) is 7.25. The molecule has 1 saturated heterocycles. The van der Waals surface area contributed by atoms with E-state index in [1.165, 1.54) is 5.56 Å². The zero-order valence-electron chi connectivity index (χ0n) is 19.9. The Bertz CT molecular complexity index is 1470. The predicted octanol–water partition coefficient (Wildman–Crippen LogP) is 3.27. The summed E-state index contributed by atoms with van der Waals surface area (Å²) in [5.41, 5.74) is 4.08. The molecule has 2 aromatic carbocycles. The number of benzene rings is 2. The minimum atomic E-state index is -0.490. The van der Waals surface area contributed by atoms with Gasteiger partial charge in [0.2, 0.25) is 0 Å². The number of rotatable bonds is 2. The van der Waals surface area contributed by atoms with E-state index in [9.17, 15) is 9.59 Å². The van der Waals surface area contributed by atoms with Gasteiger partial charge in [-0.05, 0) is 67.1 Å². The number of ether oxygens (including phenoxy) is 1. The Morgan fingerprint density at radius 2 is 1.97 bits per heavy atom. The van der Waals surface area contributed by atoms with Gasteiger partial charge in [0, 0.05) is 49.9 Å². The fourth-order valence-electron chi connectivity index (χ4n) is 5.14. The predicted molar refractivity (Wildman–Crippen MR) is 135 cm³/mol. The van der Waals surface area contributed by atoms with Crippen molar-refractivity contribution >= 4 is 34.4 Å². The molecular weight excluding hydrogens is 466 g/mol. The highest BCUT2D eigenvalue weighted by Gasteiger charge is 2.26. The Labute approximate surface area is 207 Å². The number of hydrogen-bond acceptors (Lipinski definition) is 5. The van der Waals surface area contributed by atoms with Crippen LogP contribution in [0.4, 0.5) is 0 Å². The van der Waals surface area contributed by atoms with Gasteiger partial charge in [-0.25, -0.2) is 0 Å². The Morgan fingerprint density at radius 3 is 2.71 bits per heavy atom. The Balaban J connectivity index is 1.59. The molecule has 2 aliphatic rings. The van der Waals surface area contributed by atoms with Crippen molar-refractivity contribution in [2.75, 3.05) is 26.8 Å². The van der Waals surface area contributed by atoms with E-state index in [2.05, 4.69) is 9.98 Å². The maximum absolute atomic E-state index is 13.7. The summed E-state index contributed by atoms with van der Waals surface area (Å²) in [6.45, 7) is 4.21. The van der Waals surface area contributed by atoms with Crippen molar-refractivity contribution in [3.63, 3.8) is 0 Å². The molecule has 3 heterocycles. The van der Waals surface area contributed by atoms with Gasteiger partial charge in [-0.2, -0.15) is 0 Å². The molecule has 1 aromatic heterocycles. The van der Waals surface area contributed by atoms with Crippen molar-refractivity contribution in [3.8, 4) is 0 Å². The van der Waals surface area contributed by atoms with Gasteiger partial charge in [0.25, 0.3) is 11.5 Å². The fraction of sp³-hybridized carbons (Fsp3) is 0.385. The molecule has 3 aromatic rings. The van der Waals surface area contributed by atoms with Crippen LogP contribution in [0.15, 0.2) is 40.1 Å². The number of aliphatic imine (C=N–C) groups is 1. The number of hydrogen-bond donors (Lipinski definition) is 2. The van der Waals surface area contributed by atoms with Crippen molar-refractivity contribution in [2.45, 2.75) is 32.7 Å². The van der Waals surface area contributed by atoms with E-state index in [1.807, 2.05) is 36.1 Å². The number of carbonyl (C=O) groups is 1. The van der Waals surface area contributed by atoms with Crippen LogP contribution in [0, 0.1) is 18.3 Å². The summed E-state index contributed by atoms with van der Waals surface area (Å²) < 4.78 is 7.11. The Kier molecular flexibility index (Phi) is 6.34. The third kappa shape index (κ3) is 4.32. The Morgan fingerprint density at radius 1 is 1.20 bits per heavy atom. The first-order valence-corrected chi connectivity index (χ1v) is 12.2. The topological polar surface area (TPSA) is 104 Å². The average Bonchev–Trinajstić information content (AvgIpc) is 2.86. The third-order valence-electron chi connectivity index (χ3n) is 7.01. The van der Waals surface area contributed by atoms with Crippen molar-refractivity contribution in [2.24, 2.45) is 10.9 Å². The van der Waals surface area contributed by atoms with E-state index in [0.717, 1.165) is 30.4 Å². The maximum atomic E-state index is 13.7. The Hall–Kier alpha value is -3.23. The molecule has 0 atom stereocenters. The highest BCUT2D eigenvalue weighted by atomic mass is 35.5. The second-order valence-electron chi connectivity index (χ2n) is 9.18. The van der Waals surface area contributed by atoms with Crippen LogP contribution in [0.1, 0.15) is 39.9 Å². The number of aromatic amines is 1. The van der Waals surface area contributed by atoms with Crippen LogP contribution in [0.5, 0.6) is 0 Å². The van der Waals surface area contributed by atoms with Crippen LogP contribution in [0.3, 0.4) is 0 Å². The summed E-state index contributed by atoms with van der Waals surface area (Å²) in [6, 6.07) is 9.41. The summed E-state index contributed by atoms with van der Waals surface area (Å²) in [5, 5.41) is 9.26. The highest BCUT2D eigenvalue weighted by Crippen LogP contribution is 2.26. The number of nitrogens with zero attached hydrogens (tertiary/aromatic N) is 3. The van der Waals surface area contributed by atoms with Crippen LogP contribution < -0.4 is 11.0 Å². The zero-order chi connectivity index (χ0) is 24.7. The smallest absolute Gasteiger partial charge is 0.291 e. The molecule has 0 bridgehead atoms. The van der Waals surface area contributed by atoms with Gasteiger partial charge in [0.05, 0.1) is 11.0 Å². The molecule has 2 aliphatic heterocycles. The quantitative estimate of drug-likeness (QED) is 0.423. The molecular formula is C26H28ClN5O3. The van der Waals surface area contributed by atoms with Crippen molar-refractivity contribution in [3.05, 3.63) is 73.4 Å². The van der Waals surface area contributed by atoms with Gasteiger partial charge < -0.3 is 14.6 Å². The molecule has 0 saturated carbocycles. The van der Waals surface area contributed by atoms with E-state index in [4.69, 9.17) is 21.7 Å². The van der Waals surface area contributed by atoms with Gasteiger partial charge in [0.15, 0.2) is 5.49 Å². The molecule has 9 heteroatoms. The molecule has 35 heavy (non-hydrogen) atoms. The van der Waals surface area contributed by atoms with Crippen LogP contribution >= 0.6 is 11.6 Å². The van der Waals surface area contributed by atoms with Crippen LogP contribution in [0.25, 0.3) is 11.0 Å². The summed E-state index contributed by atoms with van der Waals surface area (Å²) in [4.78, 5) is 35.5. The summed E-state index contributed by atoms with van der Waals surface area (Å²) >= 11 is 6.14. The molecule has 1 fully saturated rings. The first-order chi connectivity index (χ1) is 16.9. The highest BCUT2D eigenvalue weighted by molar-refractivity contribution is 6.30. The number of aromatic nitrogens is 2. The van der Waals surface area contributed by atoms with Gasteiger partial charge in [-0.3, -0.25) is 24.6 Å². The lowest BCUT2D eigenvalue weighted by Gasteiger charge is -2.30. The summed E-state index contributed by atoms with van der Waals surface area (Å²) in [7, 11) is 1.68. The molecule has 0 unspecified atom stereocenters. The minimum Gasteiger partial charge on any atom is -0.381 e. The van der Waals surface area contributed by atoms with Gasteiger partial charge >= 0.3 is 0 Å². The molecule has 5 rings (SSSR count). The molecule has 0 aliphatic carbocycles. The van der Waals surface area contributed by atoms with E-state index in [1.54, 1.807) is 17.7 Å². The van der Waals surface area contributed by atoms with Gasteiger partial charge in [-0.15, -0.1) is 0 Å². The lowest BCUT2D eigenvalue weighted by Crippen LogP contribution is -2.43. The molecule has 182 valence electrons. The number of fused-ring (bicyclic) bond motifs is 2. The lowest BCUT2D eigenvalue weighted by atomic mass is 9.97. The van der Waals surface area contributed by atoms with Crippen LogP contribution in [0.2, 0.25) is 5.02 Å².